The Morgan fingerprint density at radius 3 is 2.89 bits per heavy atom. The Morgan fingerprint density at radius 1 is 1.18 bits per heavy atom. The molecule has 1 aliphatic rings. The van der Waals surface area contributed by atoms with E-state index in [0.29, 0.717) is 11.7 Å². The second-order valence-corrected chi connectivity index (χ2v) is 8.60. The van der Waals surface area contributed by atoms with Crippen LogP contribution >= 0.6 is 27.3 Å². The van der Waals surface area contributed by atoms with E-state index in [4.69, 9.17) is 9.47 Å². The SMILES string of the molecule is C[C@@H](Oc1cc(Br)cc2ncnc(Nc3ccc4ncsc4c3)c12)C1COC1. The molecule has 1 atom stereocenters. The van der Waals surface area contributed by atoms with E-state index in [9.17, 15) is 0 Å². The van der Waals surface area contributed by atoms with Crippen LogP contribution in [0.15, 0.2) is 46.6 Å². The molecular formula is C20H17BrN4O2S. The van der Waals surface area contributed by atoms with Crippen molar-refractivity contribution in [3.8, 4) is 5.75 Å². The molecule has 142 valence electrons. The topological polar surface area (TPSA) is 69.2 Å². The number of hydrogen-bond donors (Lipinski definition) is 1. The zero-order valence-corrected chi connectivity index (χ0v) is 17.5. The van der Waals surface area contributed by atoms with Gasteiger partial charge in [-0.15, -0.1) is 11.3 Å². The molecule has 0 aliphatic carbocycles. The molecule has 1 saturated heterocycles. The van der Waals surface area contributed by atoms with Crippen molar-refractivity contribution >= 4 is 59.9 Å². The van der Waals surface area contributed by atoms with E-state index in [1.54, 1.807) is 17.7 Å². The normalized spacial score (nSPS) is 15.5. The maximum atomic E-state index is 6.31. The van der Waals surface area contributed by atoms with Gasteiger partial charge in [-0.1, -0.05) is 15.9 Å². The first kappa shape index (κ1) is 17.8. The molecule has 28 heavy (non-hydrogen) atoms. The Morgan fingerprint density at radius 2 is 2.07 bits per heavy atom. The van der Waals surface area contributed by atoms with Gasteiger partial charge in [-0.3, -0.25) is 0 Å². The maximum absolute atomic E-state index is 6.31. The van der Waals surface area contributed by atoms with Gasteiger partial charge in [0.2, 0.25) is 0 Å². The predicted molar refractivity (Wildman–Crippen MR) is 115 cm³/mol. The second kappa shape index (κ2) is 7.27. The van der Waals surface area contributed by atoms with Crippen LogP contribution in [-0.4, -0.2) is 34.3 Å². The first-order valence-corrected chi connectivity index (χ1v) is 10.6. The van der Waals surface area contributed by atoms with Gasteiger partial charge in [-0.25, -0.2) is 15.0 Å². The molecule has 6 nitrogen and oxygen atoms in total. The molecule has 0 spiro atoms. The molecule has 4 aromatic rings. The van der Waals surface area contributed by atoms with Gasteiger partial charge in [0.1, 0.15) is 24.0 Å². The summed E-state index contributed by atoms with van der Waals surface area (Å²) in [7, 11) is 0. The fourth-order valence-corrected chi connectivity index (χ4v) is 4.34. The Balaban J connectivity index is 1.55. The van der Waals surface area contributed by atoms with Crippen LogP contribution in [-0.2, 0) is 4.74 Å². The van der Waals surface area contributed by atoms with Gasteiger partial charge in [0.15, 0.2) is 0 Å². The average molecular weight is 457 g/mol. The maximum Gasteiger partial charge on any atom is 0.145 e. The lowest BCUT2D eigenvalue weighted by molar-refractivity contribution is -0.0773. The van der Waals surface area contributed by atoms with Crippen LogP contribution in [0.25, 0.3) is 21.1 Å². The van der Waals surface area contributed by atoms with Crippen LogP contribution in [0.5, 0.6) is 5.75 Å². The first-order valence-electron chi connectivity index (χ1n) is 8.96. The molecule has 8 heteroatoms. The summed E-state index contributed by atoms with van der Waals surface area (Å²) in [5.74, 6) is 1.88. The van der Waals surface area contributed by atoms with E-state index in [-0.39, 0.29) is 6.10 Å². The van der Waals surface area contributed by atoms with Crippen LogP contribution in [0.2, 0.25) is 0 Å². The van der Waals surface area contributed by atoms with E-state index in [1.807, 2.05) is 29.8 Å². The number of benzene rings is 2. The third kappa shape index (κ3) is 3.32. The van der Waals surface area contributed by atoms with Crippen molar-refractivity contribution in [2.45, 2.75) is 13.0 Å². The van der Waals surface area contributed by atoms with Crippen LogP contribution in [0.3, 0.4) is 0 Å². The van der Waals surface area contributed by atoms with Gasteiger partial charge in [-0.2, -0.15) is 0 Å². The van der Waals surface area contributed by atoms with Crippen molar-refractivity contribution in [3.05, 3.63) is 46.6 Å². The number of rotatable bonds is 5. The smallest absolute Gasteiger partial charge is 0.145 e. The summed E-state index contributed by atoms with van der Waals surface area (Å²) in [6.45, 7) is 3.56. The third-order valence-corrected chi connectivity index (χ3v) is 6.15. The fraction of sp³-hybridized carbons (Fsp3) is 0.250. The number of nitrogens with one attached hydrogen (secondary N) is 1. The molecule has 5 rings (SSSR count). The lowest BCUT2D eigenvalue weighted by Crippen LogP contribution is -2.39. The molecule has 2 aromatic carbocycles. The highest BCUT2D eigenvalue weighted by Crippen LogP contribution is 2.36. The highest BCUT2D eigenvalue weighted by atomic mass is 79.9. The zero-order chi connectivity index (χ0) is 19.1. The lowest BCUT2D eigenvalue weighted by atomic mass is 10.0. The summed E-state index contributed by atoms with van der Waals surface area (Å²) in [6.07, 6.45) is 1.61. The van der Waals surface area contributed by atoms with Crippen molar-refractivity contribution in [1.29, 1.82) is 0 Å². The summed E-state index contributed by atoms with van der Waals surface area (Å²) in [5, 5.41) is 4.29. The highest BCUT2D eigenvalue weighted by molar-refractivity contribution is 9.10. The summed E-state index contributed by atoms with van der Waals surface area (Å²) < 4.78 is 13.7. The highest BCUT2D eigenvalue weighted by Gasteiger charge is 2.27. The van der Waals surface area contributed by atoms with Crippen molar-refractivity contribution in [2.24, 2.45) is 5.92 Å². The standard InChI is InChI=1S/C20H17BrN4O2S/c1-11(12-7-26-8-12)27-17-5-13(21)4-16-19(17)20(23-9-22-16)25-14-2-3-15-18(6-14)28-10-24-15/h2-6,9-12H,7-8H2,1H3,(H,22,23,25)/t11-/m1/s1. The third-order valence-electron chi connectivity index (χ3n) is 4.90. The van der Waals surface area contributed by atoms with Crippen molar-refractivity contribution in [2.75, 3.05) is 18.5 Å². The minimum absolute atomic E-state index is 0.0489. The van der Waals surface area contributed by atoms with Gasteiger partial charge < -0.3 is 14.8 Å². The van der Waals surface area contributed by atoms with E-state index in [2.05, 4.69) is 49.2 Å². The fourth-order valence-electron chi connectivity index (χ4n) is 3.20. The summed E-state index contributed by atoms with van der Waals surface area (Å²) in [6, 6.07) is 10.0. The van der Waals surface area contributed by atoms with Crippen LogP contribution < -0.4 is 10.1 Å². The predicted octanol–water partition coefficient (Wildman–Crippen LogP) is 5.16. The summed E-state index contributed by atoms with van der Waals surface area (Å²) in [5.41, 5.74) is 4.61. The Bertz CT molecular complexity index is 1160. The number of nitrogens with zero attached hydrogens (tertiary/aromatic N) is 3. The van der Waals surface area contributed by atoms with Crippen molar-refractivity contribution in [3.63, 3.8) is 0 Å². The number of hydrogen-bond acceptors (Lipinski definition) is 7. The first-order chi connectivity index (χ1) is 13.7. The average Bonchev–Trinajstić information content (AvgIpc) is 3.07. The number of halogens is 1. The Labute approximate surface area is 174 Å². The Kier molecular flexibility index (Phi) is 4.62. The molecule has 1 fully saturated rings. The minimum Gasteiger partial charge on any atom is -0.489 e. The molecule has 1 aliphatic heterocycles. The van der Waals surface area contributed by atoms with Crippen LogP contribution in [0.1, 0.15) is 6.92 Å². The van der Waals surface area contributed by atoms with Gasteiger partial charge >= 0.3 is 0 Å². The molecule has 2 aromatic heterocycles. The number of aromatic nitrogens is 3. The largest absolute Gasteiger partial charge is 0.489 e. The van der Waals surface area contributed by atoms with Gasteiger partial charge in [0, 0.05) is 16.1 Å². The minimum atomic E-state index is 0.0489. The summed E-state index contributed by atoms with van der Waals surface area (Å²) in [4.78, 5) is 13.3. The lowest BCUT2D eigenvalue weighted by Gasteiger charge is -2.32. The number of anilines is 2. The van der Waals surface area contributed by atoms with Crippen LogP contribution in [0, 0.1) is 5.92 Å². The quantitative estimate of drug-likeness (QED) is 0.447. The number of ether oxygens (including phenoxy) is 2. The van der Waals surface area contributed by atoms with Gasteiger partial charge in [0.25, 0.3) is 0 Å². The molecule has 1 N–H and O–H groups in total. The van der Waals surface area contributed by atoms with E-state index >= 15 is 0 Å². The zero-order valence-electron chi connectivity index (χ0n) is 15.1. The molecular weight excluding hydrogens is 440 g/mol. The van der Waals surface area contributed by atoms with Crippen LogP contribution in [0.4, 0.5) is 11.5 Å². The van der Waals surface area contributed by atoms with Crippen molar-refractivity contribution < 1.29 is 9.47 Å². The number of fused-ring (bicyclic) bond motifs is 2. The molecule has 0 saturated carbocycles. The molecule has 3 heterocycles. The Hall–Kier alpha value is -2.29. The van der Waals surface area contributed by atoms with Gasteiger partial charge in [-0.05, 0) is 37.3 Å². The second-order valence-electron chi connectivity index (χ2n) is 6.80. The number of thiazole rings is 1. The molecule has 0 radical (unpaired) electrons. The van der Waals surface area contributed by atoms with E-state index in [0.717, 1.165) is 50.2 Å². The van der Waals surface area contributed by atoms with E-state index < -0.39 is 0 Å². The summed E-state index contributed by atoms with van der Waals surface area (Å²) >= 11 is 5.18. The van der Waals surface area contributed by atoms with Crippen molar-refractivity contribution in [1.82, 2.24) is 15.0 Å². The molecule has 0 unspecified atom stereocenters. The van der Waals surface area contributed by atoms with E-state index in [1.165, 1.54) is 0 Å². The van der Waals surface area contributed by atoms with Gasteiger partial charge in [0.05, 0.1) is 39.8 Å². The monoisotopic (exact) mass is 456 g/mol. The molecule has 0 amide bonds. The molecule has 0 bridgehead atoms.